The van der Waals surface area contributed by atoms with Gasteiger partial charge in [0.2, 0.25) is 0 Å². The summed E-state index contributed by atoms with van der Waals surface area (Å²) in [5.41, 5.74) is -0.507. The minimum Gasteiger partial charge on any atom is -0.462 e. The lowest BCUT2D eigenvalue weighted by molar-refractivity contribution is -0.163. The summed E-state index contributed by atoms with van der Waals surface area (Å²) >= 11 is 0. The highest BCUT2D eigenvalue weighted by atomic mass is 16.6. The molecule has 0 aromatic carbocycles. The lowest BCUT2D eigenvalue weighted by Crippen LogP contribution is -2.34. The van der Waals surface area contributed by atoms with E-state index in [4.69, 9.17) is 9.47 Å². The van der Waals surface area contributed by atoms with E-state index in [0.717, 1.165) is 12.8 Å². The summed E-state index contributed by atoms with van der Waals surface area (Å²) in [6, 6.07) is 0. The van der Waals surface area contributed by atoms with Gasteiger partial charge in [-0.15, -0.1) is 0 Å². The fourth-order valence-corrected chi connectivity index (χ4v) is 3.29. The van der Waals surface area contributed by atoms with Crippen LogP contribution in [0.5, 0.6) is 0 Å². The summed E-state index contributed by atoms with van der Waals surface area (Å²) in [6.45, 7) is 6.91. The lowest BCUT2D eigenvalue weighted by Gasteiger charge is -2.28. The molecule has 4 nitrogen and oxygen atoms in total. The maximum atomic E-state index is 12.0. The number of rotatable bonds is 4. The summed E-state index contributed by atoms with van der Waals surface area (Å²) < 4.78 is 10.7. The molecule has 1 fully saturated rings. The average Bonchev–Trinajstić information content (AvgIpc) is 2.85. The minimum atomic E-state index is -0.507. The molecule has 0 amide bonds. The normalized spacial score (nSPS) is 29.3. The van der Waals surface area contributed by atoms with Gasteiger partial charge in [0.15, 0.2) is 0 Å². The molecule has 2 aliphatic carbocycles. The van der Waals surface area contributed by atoms with E-state index in [0.29, 0.717) is 11.8 Å². The Hall–Kier alpha value is -1.32. The van der Waals surface area contributed by atoms with E-state index in [-0.39, 0.29) is 30.4 Å². The Balaban J connectivity index is 1.99. The molecule has 1 saturated carbocycles. The number of carbonyl (C=O) groups is 2. The molecule has 2 rings (SSSR count). The molecule has 4 unspecified atom stereocenters. The molecule has 0 aromatic heterocycles. The first-order valence-corrected chi connectivity index (χ1v) is 7.32. The van der Waals surface area contributed by atoms with Crippen LogP contribution in [0.4, 0.5) is 0 Å². The second-order valence-corrected chi connectivity index (χ2v) is 6.88. The third-order valence-electron chi connectivity index (χ3n) is 3.91. The number of esters is 2. The van der Waals surface area contributed by atoms with E-state index in [1.807, 2.05) is 20.8 Å². The first kappa shape index (κ1) is 15.1. The zero-order chi connectivity index (χ0) is 14.9. The molecule has 2 bridgehead atoms. The van der Waals surface area contributed by atoms with Crippen molar-refractivity contribution in [2.45, 2.75) is 58.7 Å². The van der Waals surface area contributed by atoms with Crippen LogP contribution in [0.1, 0.15) is 47.0 Å². The van der Waals surface area contributed by atoms with Gasteiger partial charge in [-0.25, -0.2) is 0 Å². The van der Waals surface area contributed by atoms with Gasteiger partial charge in [0.05, 0.1) is 6.42 Å². The van der Waals surface area contributed by atoms with E-state index in [1.165, 1.54) is 6.92 Å². The molecule has 0 aromatic rings. The van der Waals surface area contributed by atoms with Gasteiger partial charge in [-0.1, -0.05) is 12.2 Å². The van der Waals surface area contributed by atoms with Crippen LogP contribution in [0.15, 0.2) is 12.2 Å². The second-order valence-electron chi connectivity index (χ2n) is 6.88. The van der Waals surface area contributed by atoms with E-state index in [9.17, 15) is 9.59 Å². The predicted octanol–water partition coefficient (Wildman–Crippen LogP) is 2.86. The average molecular weight is 280 g/mol. The first-order valence-electron chi connectivity index (χ1n) is 7.32. The number of fused-ring (bicyclic) bond motifs is 2. The zero-order valence-corrected chi connectivity index (χ0v) is 12.7. The van der Waals surface area contributed by atoms with Gasteiger partial charge < -0.3 is 9.47 Å². The van der Waals surface area contributed by atoms with Crippen molar-refractivity contribution in [3.05, 3.63) is 12.2 Å². The third kappa shape index (κ3) is 3.84. The Labute approximate surface area is 120 Å². The summed E-state index contributed by atoms with van der Waals surface area (Å²) in [7, 11) is 0. The van der Waals surface area contributed by atoms with E-state index in [1.54, 1.807) is 0 Å². The van der Waals surface area contributed by atoms with Gasteiger partial charge in [0.1, 0.15) is 11.7 Å². The molecule has 112 valence electrons. The lowest BCUT2D eigenvalue weighted by atomic mass is 9.87. The van der Waals surface area contributed by atoms with E-state index < -0.39 is 5.60 Å². The minimum absolute atomic E-state index is 0.151. The number of allylic oxidation sites excluding steroid dienone is 2. The van der Waals surface area contributed by atoms with Crippen LogP contribution in [0.2, 0.25) is 0 Å². The Morgan fingerprint density at radius 3 is 2.40 bits per heavy atom. The SMILES string of the molecule is CC(=O)OC(CC(=O)OC(C)(C)C)C1CC2C=CC1C2. The molecule has 2 aliphatic rings. The maximum absolute atomic E-state index is 12.0. The van der Waals surface area contributed by atoms with Crippen LogP contribution in [-0.2, 0) is 19.1 Å². The predicted molar refractivity (Wildman–Crippen MR) is 74.9 cm³/mol. The van der Waals surface area contributed by atoms with Gasteiger partial charge in [-0.3, -0.25) is 9.59 Å². The molecule has 4 heteroatoms. The number of hydrogen-bond donors (Lipinski definition) is 0. The van der Waals surface area contributed by atoms with Gasteiger partial charge in [0.25, 0.3) is 0 Å². The Morgan fingerprint density at radius 1 is 1.25 bits per heavy atom. The van der Waals surface area contributed by atoms with Crippen molar-refractivity contribution in [2.75, 3.05) is 0 Å². The molecule has 0 radical (unpaired) electrons. The summed E-state index contributed by atoms with van der Waals surface area (Å²) in [5, 5.41) is 0. The van der Waals surface area contributed by atoms with Gasteiger partial charge in [-0.05, 0) is 45.4 Å². The standard InChI is InChI=1S/C16H24O4/c1-10(17)19-14(9-15(18)20-16(2,3)4)13-8-11-5-6-12(13)7-11/h5-6,11-14H,7-9H2,1-4H3. The quantitative estimate of drug-likeness (QED) is 0.587. The molecule has 4 atom stereocenters. The van der Waals surface area contributed by atoms with Crippen LogP contribution in [0.3, 0.4) is 0 Å². The Morgan fingerprint density at radius 2 is 1.95 bits per heavy atom. The van der Waals surface area contributed by atoms with E-state index in [2.05, 4.69) is 12.2 Å². The smallest absolute Gasteiger partial charge is 0.310 e. The summed E-state index contributed by atoms with van der Waals surface area (Å²) in [6.07, 6.45) is 6.35. The molecule has 0 aliphatic heterocycles. The summed E-state index contributed by atoms with van der Waals surface area (Å²) in [4.78, 5) is 23.3. The fourth-order valence-electron chi connectivity index (χ4n) is 3.29. The van der Waals surface area contributed by atoms with Gasteiger partial charge in [0, 0.05) is 12.8 Å². The second kappa shape index (κ2) is 5.58. The molecule has 0 saturated heterocycles. The highest BCUT2D eigenvalue weighted by Gasteiger charge is 2.42. The van der Waals surface area contributed by atoms with Gasteiger partial charge >= 0.3 is 11.9 Å². The van der Waals surface area contributed by atoms with Crippen LogP contribution < -0.4 is 0 Å². The first-order chi connectivity index (χ1) is 9.24. The molecule has 0 spiro atoms. The number of carbonyl (C=O) groups excluding carboxylic acids is 2. The number of ether oxygens (including phenoxy) is 2. The largest absolute Gasteiger partial charge is 0.462 e. The van der Waals surface area contributed by atoms with Crippen molar-refractivity contribution in [3.63, 3.8) is 0 Å². The third-order valence-corrected chi connectivity index (χ3v) is 3.91. The van der Waals surface area contributed by atoms with Crippen molar-refractivity contribution in [1.29, 1.82) is 0 Å². The van der Waals surface area contributed by atoms with Crippen LogP contribution in [0, 0.1) is 17.8 Å². The monoisotopic (exact) mass is 280 g/mol. The van der Waals surface area contributed by atoms with Crippen molar-refractivity contribution in [2.24, 2.45) is 17.8 Å². The van der Waals surface area contributed by atoms with Crippen molar-refractivity contribution in [3.8, 4) is 0 Å². The molecular weight excluding hydrogens is 256 g/mol. The van der Waals surface area contributed by atoms with Crippen LogP contribution in [-0.4, -0.2) is 23.6 Å². The zero-order valence-electron chi connectivity index (χ0n) is 12.7. The highest BCUT2D eigenvalue weighted by Crippen LogP contribution is 2.46. The molecule has 0 heterocycles. The van der Waals surface area contributed by atoms with Crippen molar-refractivity contribution in [1.82, 2.24) is 0 Å². The fraction of sp³-hybridized carbons (Fsp3) is 0.750. The highest BCUT2D eigenvalue weighted by molar-refractivity contribution is 5.72. The summed E-state index contributed by atoms with van der Waals surface area (Å²) in [5.74, 6) is 0.649. The molecular formula is C16H24O4. The maximum Gasteiger partial charge on any atom is 0.310 e. The Bertz CT molecular complexity index is 419. The topological polar surface area (TPSA) is 52.6 Å². The van der Waals surface area contributed by atoms with Gasteiger partial charge in [-0.2, -0.15) is 0 Å². The van der Waals surface area contributed by atoms with Crippen LogP contribution >= 0.6 is 0 Å². The van der Waals surface area contributed by atoms with Crippen molar-refractivity contribution >= 4 is 11.9 Å². The molecule has 0 N–H and O–H groups in total. The number of hydrogen-bond acceptors (Lipinski definition) is 4. The Kier molecular flexibility index (Phi) is 4.21. The van der Waals surface area contributed by atoms with E-state index >= 15 is 0 Å². The molecule has 20 heavy (non-hydrogen) atoms. The van der Waals surface area contributed by atoms with Crippen molar-refractivity contribution < 1.29 is 19.1 Å². The van der Waals surface area contributed by atoms with Crippen LogP contribution in [0.25, 0.3) is 0 Å².